The number of hydrogen-bond donors (Lipinski definition) is 0. The Kier molecular flexibility index (Phi) is 4.82. The first-order valence-corrected chi connectivity index (χ1v) is 10.2. The Bertz CT molecular complexity index is 801. The predicted octanol–water partition coefficient (Wildman–Crippen LogP) is 4.50. The Hall–Kier alpha value is -1.62. The fourth-order valence-corrected chi connectivity index (χ4v) is 4.16. The summed E-state index contributed by atoms with van der Waals surface area (Å²) in [5, 5.41) is 4.52. The summed E-state index contributed by atoms with van der Waals surface area (Å²) in [6.45, 7) is 22.7. The van der Waals surface area contributed by atoms with E-state index in [0.717, 1.165) is 24.6 Å². The van der Waals surface area contributed by atoms with E-state index in [1.165, 1.54) is 12.0 Å². The maximum absolute atomic E-state index is 5.11. The Morgan fingerprint density at radius 3 is 2.22 bits per heavy atom. The zero-order valence-corrected chi connectivity index (χ0v) is 18.7. The standard InChI is InChI=1S/C22H37N5/c1-20(2,3)17-14-23-26-13-11-18(24-19(17)26)27(22(7,8)9)16-10-12-25(15-16)21(4,5)6/h11,13-14,16H,10,12,15H2,1-9H3. The Morgan fingerprint density at radius 2 is 1.70 bits per heavy atom. The largest absolute Gasteiger partial charge is 0.347 e. The summed E-state index contributed by atoms with van der Waals surface area (Å²) in [4.78, 5) is 10.2. The van der Waals surface area contributed by atoms with E-state index in [0.29, 0.717) is 6.04 Å². The summed E-state index contributed by atoms with van der Waals surface area (Å²) >= 11 is 0. The molecule has 1 aliphatic rings. The van der Waals surface area contributed by atoms with Crippen LogP contribution in [0.25, 0.3) is 5.65 Å². The highest BCUT2D eigenvalue weighted by molar-refractivity contribution is 5.56. The topological polar surface area (TPSA) is 36.7 Å². The van der Waals surface area contributed by atoms with Crippen LogP contribution in [0.4, 0.5) is 5.82 Å². The van der Waals surface area contributed by atoms with Crippen molar-refractivity contribution < 1.29 is 0 Å². The molecule has 0 bridgehead atoms. The second-order valence-electron chi connectivity index (χ2n) is 11.0. The van der Waals surface area contributed by atoms with Gasteiger partial charge >= 0.3 is 0 Å². The first kappa shape index (κ1) is 20.1. The van der Waals surface area contributed by atoms with Crippen LogP contribution in [0.1, 0.15) is 74.3 Å². The highest BCUT2D eigenvalue weighted by Gasteiger charge is 2.38. The van der Waals surface area contributed by atoms with Crippen LogP contribution in [-0.2, 0) is 5.41 Å². The summed E-state index contributed by atoms with van der Waals surface area (Å²) < 4.78 is 1.90. The molecule has 2 aromatic rings. The van der Waals surface area contributed by atoms with Gasteiger partial charge in [0.2, 0.25) is 0 Å². The molecule has 27 heavy (non-hydrogen) atoms. The van der Waals surface area contributed by atoms with Crippen molar-refractivity contribution in [1.82, 2.24) is 19.5 Å². The third kappa shape index (κ3) is 3.98. The van der Waals surface area contributed by atoms with Crippen molar-refractivity contribution in [1.29, 1.82) is 0 Å². The van der Waals surface area contributed by atoms with Gasteiger partial charge in [0.05, 0.1) is 6.20 Å². The molecule has 0 radical (unpaired) electrons. The summed E-state index contributed by atoms with van der Waals surface area (Å²) in [7, 11) is 0. The number of nitrogens with zero attached hydrogens (tertiary/aromatic N) is 5. The smallest absolute Gasteiger partial charge is 0.161 e. The van der Waals surface area contributed by atoms with Gasteiger partial charge in [-0.15, -0.1) is 0 Å². The van der Waals surface area contributed by atoms with E-state index in [1.54, 1.807) is 0 Å². The van der Waals surface area contributed by atoms with Gasteiger partial charge in [-0.05, 0) is 59.4 Å². The molecule has 5 heteroatoms. The number of anilines is 1. The summed E-state index contributed by atoms with van der Waals surface area (Å²) in [5.74, 6) is 1.06. The van der Waals surface area contributed by atoms with E-state index in [4.69, 9.17) is 4.98 Å². The van der Waals surface area contributed by atoms with Gasteiger partial charge in [-0.25, -0.2) is 9.50 Å². The summed E-state index contributed by atoms with van der Waals surface area (Å²) in [6, 6.07) is 2.59. The highest BCUT2D eigenvalue weighted by Crippen LogP contribution is 2.33. The van der Waals surface area contributed by atoms with Gasteiger partial charge in [-0.2, -0.15) is 5.10 Å². The van der Waals surface area contributed by atoms with Gasteiger partial charge in [0.15, 0.2) is 5.65 Å². The predicted molar refractivity (Wildman–Crippen MR) is 114 cm³/mol. The molecule has 1 atom stereocenters. The Morgan fingerprint density at radius 1 is 1.04 bits per heavy atom. The van der Waals surface area contributed by atoms with Gasteiger partial charge in [0, 0.05) is 42.0 Å². The highest BCUT2D eigenvalue weighted by atomic mass is 15.3. The summed E-state index contributed by atoms with van der Waals surface area (Å²) in [5.41, 5.74) is 2.41. The lowest BCUT2D eigenvalue weighted by Gasteiger charge is -2.42. The molecule has 1 fully saturated rings. The number of fused-ring (bicyclic) bond motifs is 1. The van der Waals surface area contributed by atoms with Crippen LogP contribution in [-0.4, -0.2) is 49.7 Å². The molecule has 150 valence electrons. The fourth-order valence-electron chi connectivity index (χ4n) is 4.16. The molecular formula is C22H37N5. The number of rotatable bonds is 2. The van der Waals surface area contributed by atoms with Crippen LogP contribution in [0.15, 0.2) is 18.5 Å². The van der Waals surface area contributed by atoms with Crippen molar-refractivity contribution in [3.8, 4) is 0 Å². The number of hydrogen-bond acceptors (Lipinski definition) is 4. The average molecular weight is 372 g/mol. The zero-order valence-electron chi connectivity index (χ0n) is 18.7. The molecule has 2 aromatic heterocycles. The second kappa shape index (κ2) is 6.47. The van der Waals surface area contributed by atoms with Crippen molar-refractivity contribution in [2.75, 3.05) is 18.0 Å². The molecule has 0 spiro atoms. The van der Waals surface area contributed by atoms with E-state index in [2.05, 4.69) is 89.5 Å². The summed E-state index contributed by atoms with van der Waals surface area (Å²) in [6.07, 6.45) is 5.19. The third-order valence-electron chi connectivity index (χ3n) is 5.61. The first-order chi connectivity index (χ1) is 12.3. The van der Waals surface area contributed by atoms with Crippen molar-refractivity contribution >= 4 is 11.5 Å². The van der Waals surface area contributed by atoms with Gasteiger partial charge in [0.1, 0.15) is 5.82 Å². The molecule has 1 saturated heterocycles. The maximum atomic E-state index is 5.11. The first-order valence-electron chi connectivity index (χ1n) is 10.2. The van der Waals surface area contributed by atoms with Crippen LogP contribution in [0.2, 0.25) is 0 Å². The van der Waals surface area contributed by atoms with Gasteiger partial charge in [0.25, 0.3) is 0 Å². The van der Waals surface area contributed by atoms with E-state index < -0.39 is 0 Å². The van der Waals surface area contributed by atoms with Crippen LogP contribution < -0.4 is 4.90 Å². The molecule has 0 saturated carbocycles. The number of likely N-dealkylation sites (tertiary alicyclic amines) is 1. The molecule has 0 aromatic carbocycles. The fraction of sp³-hybridized carbons (Fsp3) is 0.727. The van der Waals surface area contributed by atoms with Gasteiger partial charge < -0.3 is 4.90 Å². The van der Waals surface area contributed by atoms with Crippen molar-refractivity contribution in [3.63, 3.8) is 0 Å². The van der Waals surface area contributed by atoms with Gasteiger partial charge in [-0.3, -0.25) is 4.90 Å². The van der Waals surface area contributed by atoms with Gasteiger partial charge in [-0.1, -0.05) is 20.8 Å². The third-order valence-corrected chi connectivity index (χ3v) is 5.61. The lowest BCUT2D eigenvalue weighted by Crippen LogP contribution is -2.51. The zero-order chi connectivity index (χ0) is 20.2. The minimum atomic E-state index is 0.00578. The minimum Gasteiger partial charge on any atom is -0.347 e. The molecule has 0 aliphatic carbocycles. The van der Waals surface area contributed by atoms with Crippen LogP contribution >= 0.6 is 0 Å². The maximum Gasteiger partial charge on any atom is 0.161 e. The second-order valence-corrected chi connectivity index (χ2v) is 11.0. The molecule has 3 heterocycles. The monoisotopic (exact) mass is 371 g/mol. The van der Waals surface area contributed by atoms with Crippen LogP contribution in [0.3, 0.4) is 0 Å². The van der Waals surface area contributed by atoms with E-state index in [-0.39, 0.29) is 16.5 Å². The molecule has 3 rings (SSSR count). The van der Waals surface area contributed by atoms with E-state index >= 15 is 0 Å². The Balaban J connectivity index is 2.02. The average Bonchev–Trinajstić information content (AvgIpc) is 3.10. The number of aromatic nitrogens is 3. The molecule has 5 nitrogen and oxygen atoms in total. The lowest BCUT2D eigenvalue weighted by molar-refractivity contribution is 0.171. The SMILES string of the molecule is CC(C)(C)c1cnn2ccc(N(C3CCN(C(C)(C)C)C3)C(C)(C)C)nc12. The van der Waals surface area contributed by atoms with E-state index in [1.807, 2.05) is 10.7 Å². The molecule has 1 unspecified atom stereocenters. The van der Waals surface area contributed by atoms with Crippen molar-refractivity contribution in [3.05, 3.63) is 24.0 Å². The lowest BCUT2D eigenvalue weighted by atomic mass is 9.89. The Labute approximate surface area is 164 Å². The van der Waals surface area contributed by atoms with Crippen LogP contribution in [0, 0.1) is 0 Å². The molecular weight excluding hydrogens is 334 g/mol. The molecule has 0 amide bonds. The van der Waals surface area contributed by atoms with Crippen LogP contribution in [0.5, 0.6) is 0 Å². The van der Waals surface area contributed by atoms with Crippen molar-refractivity contribution in [2.24, 2.45) is 0 Å². The molecule has 0 N–H and O–H groups in total. The normalized spacial score (nSPS) is 19.8. The minimum absolute atomic E-state index is 0.00578. The molecule has 1 aliphatic heterocycles. The van der Waals surface area contributed by atoms with Crippen molar-refractivity contribution in [2.45, 2.75) is 91.3 Å². The van der Waals surface area contributed by atoms with E-state index in [9.17, 15) is 0 Å². The quantitative estimate of drug-likeness (QED) is 0.778.